The number of rotatable bonds is 8. The van der Waals surface area contributed by atoms with Crippen molar-refractivity contribution >= 4 is 18.0 Å². The second kappa shape index (κ2) is 10.9. The maximum absolute atomic E-state index is 12.8. The highest BCUT2D eigenvalue weighted by Gasteiger charge is 2.34. The molecule has 2 aliphatic carbocycles. The molecule has 0 aromatic heterocycles. The minimum absolute atomic E-state index is 0.0454. The van der Waals surface area contributed by atoms with E-state index in [0.717, 1.165) is 54.4 Å². The minimum Gasteiger partial charge on any atom is -0.480 e. The van der Waals surface area contributed by atoms with E-state index in [2.05, 4.69) is 34.9 Å². The van der Waals surface area contributed by atoms with Crippen LogP contribution in [0.4, 0.5) is 4.79 Å². The van der Waals surface area contributed by atoms with Gasteiger partial charge in [-0.1, -0.05) is 74.7 Å². The van der Waals surface area contributed by atoms with E-state index in [4.69, 9.17) is 4.74 Å². The Bertz CT molecular complexity index is 1030. The van der Waals surface area contributed by atoms with Crippen LogP contribution in [0.2, 0.25) is 0 Å². The van der Waals surface area contributed by atoms with E-state index in [9.17, 15) is 19.5 Å². The first-order valence-corrected chi connectivity index (χ1v) is 12.5. The fourth-order valence-corrected chi connectivity index (χ4v) is 5.31. The summed E-state index contributed by atoms with van der Waals surface area (Å²) in [5.74, 6) is -2.09. The Morgan fingerprint density at radius 2 is 1.49 bits per heavy atom. The smallest absolute Gasteiger partial charge is 0.407 e. The molecule has 2 aromatic carbocycles. The molecule has 2 aliphatic rings. The van der Waals surface area contributed by atoms with Gasteiger partial charge in [0.15, 0.2) is 0 Å². The molecular weight excluding hydrogens is 444 g/mol. The SMILES string of the molecule is CC(NC(=O)OCC1c2ccccc2-c2ccccc21)C(C)C(=O)NC(C(=O)O)C1CCCCC1. The zero-order valence-electron chi connectivity index (χ0n) is 20.3. The molecule has 7 nitrogen and oxygen atoms in total. The molecule has 3 N–H and O–H groups in total. The monoisotopic (exact) mass is 478 g/mol. The van der Waals surface area contributed by atoms with Crippen molar-refractivity contribution in [1.29, 1.82) is 0 Å². The first-order valence-electron chi connectivity index (χ1n) is 12.5. The van der Waals surface area contributed by atoms with Crippen molar-refractivity contribution in [2.75, 3.05) is 6.61 Å². The van der Waals surface area contributed by atoms with E-state index in [1.54, 1.807) is 13.8 Å². The summed E-state index contributed by atoms with van der Waals surface area (Å²) in [6.07, 6.45) is 4.09. The number of hydrogen-bond acceptors (Lipinski definition) is 4. The van der Waals surface area contributed by atoms with Gasteiger partial charge in [0, 0.05) is 12.0 Å². The molecule has 0 spiro atoms. The number of ether oxygens (including phenoxy) is 1. The van der Waals surface area contributed by atoms with Gasteiger partial charge in [-0.05, 0) is 47.9 Å². The summed E-state index contributed by atoms with van der Waals surface area (Å²) in [5, 5.41) is 15.1. The van der Waals surface area contributed by atoms with E-state index in [1.165, 1.54) is 0 Å². The highest BCUT2D eigenvalue weighted by Crippen LogP contribution is 2.44. The Balaban J connectivity index is 1.32. The molecule has 0 aliphatic heterocycles. The van der Waals surface area contributed by atoms with Crippen LogP contribution in [0.15, 0.2) is 48.5 Å². The summed E-state index contributed by atoms with van der Waals surface area (Å²) < 4.78 is 5.58. The molecule has 2 amide bonds. The maximum Gasteiger partial charge on any atom is 0.407 e. The van der Waals surface area contributed by atoms with E-state index < -0.39 is 30.1 Å². The molecule has 7 heteroatoms. The summed E-state index contributed by atoms with van der Waals surface area (Å²) in [6.45, 7) is 3.60. The first-order chi connectivity index (χ1) is 16.9. The van der Waals surface area contributed by atoms with Crippen LogP contribution in [0, 0.1) is 11.8 Å². The molecule has 35 heavy (non-hydrogen) atoms. The van der Waals surface area contributed by atoms with E-state index in [0.29, 0.717) is 0 Å². The van der Waals surface area contributed by atoms with Gasteiger partial charge in [-0.25, -0.2) is 9.59 Å². The molecule has 0 heterocycles. The lowest BCUT2D eigenvalue weighted by atomic mass is 9.83. The van der Waals surface area contributed by atoms with Crippen LogP contribution in [0.5, 0.6) is 0 Å². The quantitative estimate of drug-likeness (QED) is 0.510. The lowest BCUT2D eigenvalue weighted by molar-refractivity contribution is -0.144. The summed E-state index contributed by atoms with van der Waals surface area (Å²) in [7, 11) is 0. The Morgan fingerprint density at radius 3 is 2.06 bits per heavy atom. The number of fused-ring (bicyclic) bond motifs is 3. The van der Waals surface area contributed by atoms with Gasteiger partial charge in [0.05, 0.1) is 5.92 Å². The molecule has 0 bridgehead atoms. The van der Waals surface area contributed by atoms with Crippen molar-refractivity contribution in [3.05, 3.63) is 59.7 Å². The van der Waals surface area contributed by atoms with Crippen LogP contribution in [0.3, 0.4) is 0 Å². The molecule has 0 saturated heterocycles. The van der Waals surface area contributed by atoms with E-state index >= 15 is 0 Å². The number of alkyl carbamates (subject to hydrolysis) is 1. The fourth-order valence-electron chi connectivity index (χ4n) is 5.31. The molecule has 0 radical (unpaired) electrons. The van der Waals surface area contributed by atoms with Crippen molar-refractivity contribution in [1.82, 2.24) is 10.6 Å². The Kier molecular flexibility index (Phi) is 7.73. The summed E-state index contributed by atoms with van der Waals surface area (Å²) >= 11 is 0. The number of carbonyl (C=O) groups excluding carboxylic acids is 2. The normalized spacial score (nSPS) is 18.0. The third-order valence-corrected chi connectivity index (χ3v) is 7.54. The molecular formula is C28H34N2O5. The van der Waals surface area contributed by atoms with Gasteiger partial charge in [-0.3, -0.25) is 4.79 Å². The minimum atomic E-state index is -1.01. The molecule has 1 fully saturated rings. The first kappa shape index (κ1) is 24.8. The van der Waals surface area contributed by atoms with Crippen molar-refractivity contribution < 1.29 is 24.2 Å². The number of hydrogen-bond donors (Lipinski definition) is 3. The third kappa shape index (κ3) is 5.50. The van der Waals surface area contributed by atoms with E-state index in [1.807, 2.05) is 24.3 Å². The zero-order valence-corrected chi connectivity index (χ0v) is 20.3. The number of benzene rings is 2. The second-order valence-corrected chi connectivity index (χ2v) is 9.77. The molecule has 2 aromatic rings. The average molecular weight is 479 g/mol. The molecule has 1 saturated carbocycles. The van der Waals surface area contributed by atoms with Crippen molar-refractivity contribution in [2.45, 2.75) is 64.0 Å². The molecule has 4 rings (SSSR count). The summed E-state index contributed by atoms with van der Waals surface area (Å²) in [6, 6.07) is 14.8. The predicted octanol–water partition coefficient (Wildman–Crippen LogP) is 4.70. The summed E-state index contributed by atoms with van der Waals surface area (Å²) in [4.78, 5) is 37.2. The van der Waals surface area contributed by atoms with Crippen LogP contribution in [0.25, 0.3) is 11.1 Å². The highest BCUT2D eigenvalue weighted by molar-refractivity contribution is 5.86. The number of carbonyl (C=O) groups is 3. The maximum atomic E-state index is 12.8. The van der Waals surface area contributed by atoms with Crippen LogP contribution >= 0.6 is 0 Å². The topological polar surface area (TPSA) is 105 Å². The standard InChI is InChI=1S/C28H34N2O5/c1-17(26(31)30-25(27(32)33)19-10-4-3-5-11-19)18(2)29-28(34)35-16-24-22-14-8-6-12-20(22)21-13-7-9-15-23(21)24/h6-9,12-15,17-19,24-25H,3-5,10-11,16H2,1-2H3,(H,29,34)(H,30,31)(H,32,33). The van der Waals surface area contributed by atoms with Crippen molar-refractivity contribution in [2.24, 2.45) is 11.8 Å². The van der Waals surface area contributed by atoms with Gasteiger partial charge < -0.3 is 20.5 Å². The lowest BCUT2D eigenvalue weighted by Gasteiger charge is -2.30. The number of nitrogens with one attached hydrogen (secondary N) is 2. The van der Waals surface area contributed by atoms with Crippen LogP contribution in [-0.2, 0) is 14.3 Å². The number of carboxylic acid groups (broad SMARTS) is 1. The second-order valence-electron chi connectivity index (χ2n) is 9.77. The molecule has 186 valence electrons. The number of aliphatic carboxylic acids is 1. The van der Waals surface area contributed by atoms with Crippen molar-refractivity contribution in [3.8, 4) is 11.1 Å². The highest BCUT2D eigenvalue weighted by atomic mass is 16.5. The molecule has 3 unspecified atom stereocenters. The van der Waals surface area contributed by atoms with Gasteiger partial charge in [0.25, 0.3) is 0 Å². The van der Waals surface area contributed by atoms with E-state index in [-0.39, 0.29) is 24.3 Å². The molecule has 3 atom stereocenters. The Hall–Kier alpha value is -3.35. The van der Waals surface area contributed by atoms with Crippen LogP contribution in [0.1, 0.15) is 63.0 Å². The largest absolute Gasteiger partial charge is 0.480 e. The fraction of sp³-hybridized carbons (Fsp3) is 0.464. The van der Waals surface area contributed by atoms with Gasteiger partial charge in [0.1, 0.15) is 12.6 Å². The lowest BCUT2D eigenvalue weighted by Crippen LogP contribution is -2.51. The average Bonchev–Trinajstić information content (AvgIpc) is 3.19. The van der Waals surface area contributed by atoms with Crippen LogP contribution in [-0.4, -0.2) is 41.8 Å². The number of carboxylic acids is 1. The zero-order chi connectivity index (χ0) is 24.9. The van der Waals surface area contributed by atoms with Gasteiger partial charge in [-0.2, -0.15) is 0 Å². The van der Waals surface area contributed by atoms with Gasteiger partial charge >= 0.3 is 12.1 Å². The van der Waals surface area contributed by atoms with Crippen LogP contribution < -0.4 is 10.6 Å². The third-order valence-electron chi connectivity index (χ3n) is 7.54. The Morgan fingerprint density at radius 1 is 0.914 bits per heavy atom. The summed E-state index contributed by atoms with van der Waals surface area (Å²) in [5.41, 5.74) is 4.57. The Labute approximate surface area is 206 Å². The van der Waals surface area contributed by atoms with Gasteiger partial charge in [-0.15, -0.1) is 0 Å². The predicted molar refractivity (Wildman–Crippen MR) is 133 cm³/mol. The number of amides is 2. The van der Waals surface area contributed by atoms with Crippen molar-refractivity contribution in [3.63, 3.8) is 0 Å². The van der Waals surface area contributed by atoms with Gasteiger partial charge in [0.2, 0.25) is 5.91 Å².